The van der Waals surface area contributed by atoms with Crippen LogP contribution in [-0.2, 0) is 4.79 Å². The van der Waals surface area contributed by atoms with E-state index in [1.807, 2.05) is 39.0 Å². The van der Waals surface area contributed by atoms with E-state index in [-0.39, 0.29) is 18.5 Å². The molecule has 0 bridgehead atoms. The number of carboxylic acids is 1. The third kappa shape index (κ3) is 4.99. The summed E-state index contributed by atoms with van der Waals surface area (Å²) in [4.78, 5) is 22.4. The van der Waals surface area contributed by atoms with Gasteiger partial charge in [-0.3, -0.25) is 4.79 Å². The molecule has 0 fully saturated rings. The van der Waals surface area contributed by atoms with E-state index in [0.29, 0.717) is 6.42 Å². The molecule has 0 aromatic heterocycles. The molecule has 1 aromatic carbocycles. The van der Waals surface area contributed by atoms with E-state index in [4.69, 9.17) is 5.11 Å². The lowest BCUT2D eigenvalue weighted by Gasteiger charge is -2.16. The summed E-state index contributed by atoms with van der Waals surface area (Å²) in [5.74, 6) is -0.918. The molecule has 3 N–H and O–H groups in total. The quantitative estimate of drug-likeness (QED) is 0.765. The van der Waals surface area contributed by atoms with Gasteiger partial charge in [0.1, 0.15) is 0 Å². The summed E-state index contributed by atoms with van der Waals surface area (Å²) in [6.45, 7) is 5.74. The first-order valence-electron chi connectivity index (χ1n) is 6.29. The summed E-state index contributed by atoms with van der Waals surface area (Å²) in [5, 5.41) is 14.1. The van der Waals surface area contributed by atoms with Gasteiger partial charge in [-0.05, 0) is 31.9 Å². The highest BCUT2D eigenvalue weighted by molar-refractivity contribution is 5.90. The van der Waals surface area contributed by atoms with Gasteiger partial charge < -0.3 is 15.7 Å². The van der Waals surface area contributed by atoms with Crippen molar-refractivity contribution in [1.29, 1.82) is 0 Å². The summed E-state index contributed by atoms with van der Waals surface area (Å²) < 4.78 is 0. The zero-order valence-electron chi connectivity index (χ0n) is 11.5. The second-order valence-corrected chi connectivity index (χ2v) is 4.62. The van der Waals surface area contributed by atoms with Crippen molar-refractivity contribution in [2.24, 2.45) is 0 Å². The topological polar surface area (TPSA) is 78.4 Å². The Labute approximate surface area is 113 Å². The van der Waals surface area contributed by atoms with Crippen molar-refractivity contribution in [3.05, 3.63) is 29.3 Å². The number of aliphatic carboxylic acids is 1. The summed E-state index contributed by atoms with van der Waals surface area (Å²) >= 11 is 0. The maximum atomic E-state index is 11.8. The molecule has 0 aliphatic carbocycles. The molecule has 0 saturated carbocycles. The van der Waals surface area contributed by atoms with Crippen molar-refractivity contribution in [3.63, 3.8) is 0 Å². The number of anilines is 1. The average molecular weight is 264 g/mol. The van der Waals surface area contributed by atoms with Crippen molar-refractivity contribution >= 4 is 17.7 Å². The first-order valence-corrected chi connectivity index (χ1v) is 6.29. The zero-order chi connectivity index (χ0) is 14.4. The van der Waals surface area contributed by atoms with Gasteiger partial charge in [0.15, 0.2) is 0 Å². The SMILES string of the molecule is CCC(CC(=O)O)NC(=O)Nc1ccc(C)cc1C. The number of nitrogens with one attached hydrogen (secondary N) is 2. The third-order valence-corrected chi connectivity index (χ3v) is 2.88. The highest BCUT2D eigenvalue weighted by Gasteiger charge is 2.14. The minimum absolute atomic E-state index is 0.0726. The Morgan fingerprint density at radius 1 is 1.32 bits per heavy atom. The minimum Gasteiger partial charge on any atom is -0.481 e. The number of urea groups is 1. The van der Waals surface area contributed by atoms with Crippen LogP contribution in [0.1, 0.15) is 30.9 Å². The van der Waals surface area contributed by atoms with Crippen molar-refractivity contribution in [3.8, 4) is 0 Å². The smallest absolute Gasteiger partial charge is 0.319 e. The Bertz CT molecular complexity index is 472. The van der Waals surface area contributed by atoms with Crippen LogP contribution in [0, 0.1) is 13.8 Å². The Morgan fingerprint density at radius 2 is 2.00 bits per heavy atom. The molecule has 19 heavy (non-hydrogen) atoms. The molecule has 1 unspecified atom stereocenters. The van der Waals surface area contributed by atoms with Gasteiger partial charge in [0, 0.05) is 11.7 Å². The van der Waals surface area contributed by atoms with Crippen LogP contribution in [0.15, 0.2) is 18.2 Å². The Balaban J connectivity index is 2.61. The Hall–Kier alpha value is -2.04. The number of amides is 2. The predicted octanol–water partition coefficient (Wildman–Crippen LogP) is 2.68. The van der Waals surface area contributed by atoms with Crippen molar-refractivity contribution in [2.75, 3.05) is 5.32 Å². The molecule has 0 heterocycles. The van der Waals surface area contributed by atoms with Crippen LogP contribution in [0.5, 0.6) is 0 Å². The van der Waals surface area contributed by atoms with Gasteiger partial charge >= 0.3 is 12.0 Å². The summed E-state index contributed by atoms with van der Waals surface area (Å²) in [5.41, 5.74) is 2.83. The standard InChI is InChI=1S/C14H20N2O3/c1-4-11(8-13(17)18)15-14(19)16-12-6-5-9(2)7-10(12)3/h5-7,11H,4,8H2,1-3H3,(H,17,18)(H2,15,16,19). The van der Waals surface area contributed by atoms with Crippen molar-refractivity contribution < 1.29 is 14.7 Å². The van der Waals surface area contributed by atoms with E-state index in [9.17, 15) is 9.59 Å². The van der Waals surface area contributed by atoms with E-state index in [1.165, 1.54) is 0 Å². The third-order valence-electron chi connectivity index (χ3n) is 2.88. The maximum absolute atomic E-state index is 11.8. The van der Waals surface area contributed by atoms with Crippen LogP contribution in [0.2, 0.25) is 0 Å². The normalized spacial score (nSPS) is 11.7. The lowest BCUT2D eigenvalue weighted by Crippen LogP contribution is -2.39. The molecule has 0 aliphatic heterocycles. The molecule has 5 heteroatoms. The molecular formula is C14H20N2O3. The van der Waals surface area contributed by atoms with Crippen LogP contribution in [-0.4, -0.2) is 23.1 Å². The number of benzene rings is 1. The van der Waals surface area contributed by atoms with Gasteiger partial charge in [-0.25, -0.2) is 4.79 Å². The van der Waals surface area contributed by atoms with E-state index in [2.05, 4.69) is 10.6 Å². The van der Waals surface area contributed by atoms with Crippen LogP contribution in [0.4, 0.5) is 10.5 Å². The Kier molecular flexibility index (Phi) is 5.36. The predicted molar refractivity (Wildman–Crippen MR) is 74.4 cm³/mol. The van der Waals surface area contributed by atoms with E-state index < -0.39 is 5.97 Å². The second-order valence-electron chi connectivity index (χ2n) is 4.62. The van der Waals surface area contributed by atoms with Crippen molar-refractivity contribution in [1.82, 2.24) is 5.32 Å². The summed E-state index contributed by atoms with van der Waals surface area (Å²) in [6, 6.07) is 4.99. The molecule has 0 aliphatic rings. The lowest BCUT2D eigenvalue weighted by molar-refractivity contribution is -0.137. The fraction of sp³-hybridized carbons (Fsp3) is 0.429. The number of hydrogen-bond donors (Lipinski definition) is 3. The average Bonchev–Trinajstić information content (AvgIpc) is 2.31. The van der Waals surface area contributed by atoms with Gasteiger partial charge in [-0.2, -0.15) is 0 Å². The number of hydrogen-bond acceptors (Lipinski definition) is 2. The minimum atomic E-state index is -0.918. The molecule has 1 atom stereocenters. The van der Waals surface area contributed by atoms with Gasteiger partial charge in [0.05, 0.1) is 6.42 Å². The molecule has 104 valence electrons. The first-order chi connectivity index (χ1) is 8.92. The molecule has 0 spiro atoms. The molecule has 1 aromatic rings. The first kappa shape index (κ1) is 15.0. The molecule has 1 rings (SSSR count). The largest absolute Gasteiger partial charge is 0.481 e. The molecular weight excluding hydrogens is 244 g/mol. The Morgan fingerprint density at radius 3 is 2.53 bits per heavy atom. The number of carbonyl (C=O) groups excluding carboxylic acids is 1. The van der Waals surface area contributed by atoms with Crippen molar-refractivity contribution in [2.45, 2.75) is 39.7 Å². The number of carbonyl (C=O) groups is 2. The van der Waals surface area contributed by atoms with Crippen LogP contribution in [0.25, 0.3) is 0 Å². The monoisotopic (exact) mass is 264 g/mol. The van der Waals surface area contributed by atoms with E-state index in [1.54, 1.807) is 0 Å². The highest BCUT2D eigenvalue weighted by Crippen LogP contribution is 2.15. The summed E-state index contributed by atoms with van der Waals surface area (Å²) in [6.07, 6.45) is 0.503. The van der Waals surface area contributed by atoms with E-state index in [0.717, 1.165) is 16.8 Å². The number of aryl methyl sites for hydroxylation is 2. The fourth-order valence-corrected chi connectivity index (χ4v) is 1.81. The fourth-order valence-electron chi connectivity index (χ4n) is 1.81. The van der Waals surface area contributed by atoms with Gasteiger partial charge in [0.25, 0.3) is 0 Å². The molecule has 2 amide bonds. The van der Waals surface area contributed by atoms with Gasteiger partial charge in [-0.15, -0.1) is 0 Å². The second kappa shape index (κ2) is 6.78. The lowest BCUT2D eigenvalue weighted by atomic mass is 10.1. The van der Waals surface area contributed by atoms with Crippen LogP contribution < -0.4 is 10.6 Å². The van der Waals surface area contributed by atoms with Gasteiger partial charge in [-0.1, -0.05) is 24.6 Å². The van der Waals surface area contributed by atoms with Crippen LogP contribution in [0.3, 0.4) is 0 Å². The van der Waals surface area contributed by atoms with E-state index >= 15 is 0 Å². The summed E-state index contributed by atoms with van der Waals surface area (Å²) in [7, 11) is 0. The molecule has 5 nitrogen and oxygen atoms in total. The highest BCUT2D eigenvalue weighted by atomic mass is 16.4. The zero-order valence-corrected chi connectivity index (χ0v) is 11.5. The number of rotatable bonds is 5. The number of carboxylic acid groups (broad SMARTS) is 1. The van der Waals surface area contributed by atoms with Crippen LogP contribution >= 0.6 is 0 Å². The van der Waals surface area contributed by atoms with Gasteiger partial charge in [0.2, 0.25) is 0 Å². The molecule has 0 radical (unpaired) electrons. The maximum Gasteiger partial charge on any atom is 0.319 e. The molecule has 0 saturated heterocycles.